The Bertz CT molecular complexity index is 838. The molecule has 21 heavy (non-hydrogen) atoms. The number of hydrogen-bond acceptors (Lipinski definition) is 4. The van der Waals surface area contributed by atoms with Gasteiger partial charge in [-0.1, -0.05) is 18.2 Å². The van der Waals surface area contributed by atoms with Gasteiger partial charge in [0.1, 0.15) is 11.8 Å². The SMILES string of the molecule is O=C(O)c1cncc(NC(=O)c2coc3ccccc23)c1. The van der Waals surface area contributed by atoms with Crippen molar-refractivity contribution in [1.29, 1.82) is 0 Å². The Labute approximate surface area is 119 Å². The van der Waals surface area contributed by atoms with E-state index in [2.05, 4.69) is 10.3 Å². The number of pyridine rings is 1. The number of nitrogens with zero attached hydrogens (tertiary/aromatic N) is 1. The van der Waals surface area contributed by atoms with Crippen molar-refractivity contribution in [3.63, 3.8) is 0 Å². The predicted molar refractivity (Wildman–Crippen MR) is 75.4 cm³/mol. The van der Waals surface area contributed by atoms with E-state index in [1.54, 1.807) is 18.2 Å². The highest BCUT2D eigenvalue weighted by atomic mass is 16.4. The zero-order valence-electron chi connectivity index (χ0n) is 10.7. The van der Waals surface area contributed by atoms with Gasteiger partial charge in [-0.25, -0.2) is 4.79 Å². The van der Waals surface area contributed by atoms with Gasteiger partial charge < -0.3 is 14.8 Å². The number of carbonyl (C=O) groups is 2. The molecular formula is C15H10N2O4. The van der Waals surface area contributed by atoms with E-state index >= 15 is 0 Å². The van der Waals surface area contributed by atoms with Crippen LogP contribution in [0.4, 0.5) is 5.69 Å². The molecule has 2 heterocycles. The first kappa shape index (κ1) is 12.9. The molecule has 0 aliphatic heterocycles. The maximum absolute atomic E-state index is 12.2. The number of rotatable bonds is 3. The van der Waals surface area contributed by atoms with Gasteiger partial charge in [0.15, 0.2) is 0 Å². The lowest BCUT2D eigenvalue weighted by Crippen LogP contribution is -2.12. The number of carboxylic acid groups (broad SMARTS) is 1. The lowest BCUT2D eigenvalue weighted by Gasteiger charge is -2.04. The summed E-state index contributed by atoms with van der Waals surface area (Å²) in [7, 11) is 0. The Kier molecular flexibility index (Phi) is 3.12. The molecule has 0 aliphatic carbocycles. The Morgan fingerprint density at radius 2 is 2.00 bits per heavy atom. The maximum atomic E-state index is 12.2. The van der Waals surface area contributed by atoms with Gasteiger partial charge in [0.2, 0.25) is 0 Å². The van der Waals surface area contributed by atoms with Crippen molar-refractivity contribution in [3.05, 3.63) is 60.1 Å². The summed E-state index contributed by atoms with van der Waals surface area (Å²) in [6.45, 7) is 0. The summed E-state index contributed by atoms with van der Waals surface area (Å²) in [5.74, 6) is -1.49. The van der Waals surface area contributed by atoms with E-state index in [0.717, 1.165) is 0 Å². The van der Waals surface area contributed by atoms with Gasteiger partial charge in [-0.3, -0.25) is 9.78 Å². The van der Waals surface area contributed by atoms with Gasteiger partial charge in [0.05, 0.1) is 23.0 Å². The Morgan fingerprint density at radius 1 is 1.19 bits per heavy atom. The molecule has 2 N–H and O–H groups in total. The van der Waals surface area contributed by atoms with E-state index in [1.165, 1.54) is 24.7 Å². The number of carboxylic acids is 1. The van der Waals surface area contributed by atoms with Crippen LogP contribution in [0.25, 0.3) is 11.0 Å². The number of para-hydroxylation sites is 1. The van der Waals surface area contributed by atoms with Crippen LogP contribution in [0.3, 0.4) is 0 Å². The molecule has 6 heteroatoms. The molecule has 3 rings (SSSR count). The first-order valence-electron chi connectivity index (χ1n) is 6.11. The van der Waals surface area contributed by atoms with Gasteiger partial charge in [0.25, 0.3) is 5.91 Å². The second-order valence-electron chi connectivity index (χ2n) is 4.37. The molecule has 0 spiro atoms. The van der Waals surface area contributed by atoms with Crippen LogP contribution in [0, 0.1) is 0 Å². The van der Waals surface area contributed by atoms with E-state index in [-0.39, 0.29) is 11.5 Å². The summed E-state index contributed by atoms with van der Waals surface area (Å²) in [5.41, 5.74) is 1.31. The predicted octanol–water partition coefficient (Wildman–Crippen LogP) is 2.78. The molecule has 0 bridgehead atoms. The standard InChI is InChI=1S/C15H10N2O4/c18-14(12-8-21-13-4-2-1-3-11(12)13)17-10-5-9(15(19)20)6-16-7-10/h1-8H,(H,17,18)(H,19,20). The number of fused-ring (bicyclic) bond motifs is 1. The monoisotopic (exact) mass is 282 g/mol. The number of nitrogens with one attached hydrogen (secondary N) is 1. The third kappa shape index (κ3) is 2.46. The van der Waals surface area contributed by atoms with Crippen LogP contribution < -0.4 is 5.32 Å². The van der Waals surface area contributed by atoms with Crippen molar-refractivity contribution in [3.8, 4) is 0 Å². The van der Waals surface area contributed by atoms with Gasteiger partial charge in [-0.2, -0.15) is 0 Å². The third-order valence-electron chi connectivity index (χ3n) is 2.97. The molecule has 0 saturated heterocycles. The largest absolute Gasteiger partial charge is 0.478 e. The summed E-state index contributed by atoms with van der Waals surface area (Å²) >= 11 is 0. The van der Waals surface area contributed by atoms with Crippen molar-refractivity contribution in [2.24, 2.45) is 0 Å². The number of anilines is 1. The maximum Gasteiger partial charge on any atom is 0.337 e. The first-order valence-corrected chi connectivity index (χ1v) is 6.11. The topological polar surface area (TPSA) is 92.4 Å². The number of carbonyl (C=O) groups excluding carboxylic acids is 1. The van der Waals surface area contributed by atoms with Crippen LogP contribution in [0.1, 0.15) is 20.7 Å². The summed E-state index contributed by atoms with van der Waals surface area (Å²) in [6.07, 6.45) is 3.96. The molecule has 2 aromatic heterocycles. The summed E-state index contributed by atoms with van der Waals surface area (Å²) in [6, 6.07) is 8.50. The quantitative estimate of drug-likeness (QED) is 0.770. The van der Waals surface area contributed by atoms with Gasteiger partial charge in [-0.15, -0.1) is 0 Å². The molecule has 1 aromatic carbocycles. The van der Waals surface area contributed by atoms with E-state index in [4.69, 9.17) is 9.52 Å². The minimum atomic E-state index is -1.10. The van der Waals surface area contributed by atoms with Crippen LogP contribution in [-0.2, 0) is 0 Å². The van der Waals surface area contributed by atoms with Crippen LogP contribution >= 0.6 is 0 Å². The lowest BCUT2D eigenvalue weighted by molar-refractivity contribution is 0.0696. The Hall–Kier alpha value is -3.15. The third-order valence-corrected chi connectivity index (χ3v) is 2.97. The highest BCUT2D eigenvalue weighted by Crippen LogP contribution is 2.21. The zero-order chi connectivity index (χ0) is 14.8. The Balaban J connectivity index is 1.90. The number of benzene rings is 1. The number of hydrogen-bond donors (Lipinski definition) is 2. The molecule has 1 amide bonds. The molecule has 0 aliphatic rings. The van der Waals surface area contributed by atoms with Crippen LogP contribution in [0.2, 0.25) is 0 Å². The van der Waals surface area contributed by atoms with Crippen molar-refractivity contribution >= 4 is 28.5 Å². The highest BCUT2D eigenvalue weighted by Gasteiger charge is 2.14. The van der Waals surface area contributed by atoms with Crippen LogP contribution in [0.5, 0.6) is 0 Å². The van der Waals surface area contributed by atoms with Crippen molar-refractivity contribution in [1.82, 2.24) is 4.98 Å². The van der Waals surface area contributed by atoms with Crippen LogP contribution in [-0.4, -0.2) is 22.0 Å². The molecule has 0 radical (unpaired) electrons. The minimum absolute atomic E-state index is 0.00449. The van der Waals surface area contributed by atoms with Crippen molar-refractivity contribution < 1.29 is 19.1 Å². The van der Waals surface area contributed by atoms with Gasteiger partial charge >= 0.3 is 5.97 Å². The average molecular weight is 282 g/mol. The minimum Gasteiger partial charge on any atom is -0.478 e. The molecule has 104 valence electrons. The number of furan rings is 1. The van der Waals surface area contributed by atoms with E-state index < -0.39 is 5.97 Å². The fourth-order valence-corrected chi connectivity index (χ4v) is 1.98. The van der Waals surface area contributed by atoms with Gasteiger partial charge in [-0.05, 0) is 12.1 Å². The summed E-state index contributed by atoms with van der Waals surface area (Å²) in [4.78, 5) is 26.9. The smallest absolute Gasteiger partial charge is 0.337 e. The second-order valence-corrected chi connectivity index (χ2v) is 4.37. The normalized spacial score (nSPS) is 10.5. The van der Waals surface area contributed by atoms with E-state index in [9.17, 15) is 9.59 Å². The first-order chi connectivity index (χ1) is 10.1. The van der Waals surface area contributed by atoms with Crippen LogP contribution in [0.15, 0.2) is 53.4 Å². The van der Waals surface area contributed by atoms with Crippen molar-refractivity contribution in [2.75, 3.05) is 5.32 Å². The molecular weight excluding hydrogens is 272 g/mol. The van der Waals surface area contributed by atoms with Crippen molar-refractivity contribution in [2.45, 2.75) is 0 Å². The lowest BCUT2D eigenvalue weighted by atomic mass is 10.1. The summed E-state index contributed by atoms with van der Waals surface area (Å²) in [5, 5.41) is 12.2. The fraction of sp³-hybridized carbons (Fsp3) is 0. The molecule has 0 saturated carbocycles. The summed E-state index contributed by atoms with van der Waals surface area (Å²) < 4.78 is 5.30. The van der Waals surface area contributed by atoms with E-state index in [0.29, 0.717) is 22.2 Å². The van der Waals surface area contributed by atoms with Gasteiger partial charge in [0, 0.05) is 11.6 Å². The molecule has 0 unspecified atom stereocenters. The Morgan fingerprint density at radius 3 is 2.81 bits per heavy atom. The average Bonchev–Trinajstić information content (AvgIpc) is 2.91. The number of aromatic nitrogens is 1. The number of amides is 1. The fourth-order valence-electron chi connectivity index (χ4n) is 1.98. The highest BCUT2D eigenvalue weighted by molar-refractivity contribution is 6.12. The zero-order valence-corrected chi connectivity index (χ0v) is 10.7. The molecule has 6 nitrogen and oxygen atoms in total. The molecule has 0 atom stereocenters. The molecule has 3 aromatic rings. The number of aromatic carboxylic acids is 1. The van der Waals surface area contributed by atoms with E-state index in [1.807, 2.05) is 6.07 Å². The second kappa shape index (κ2) is 5.09. The molecule has 0 fully saturated rings.